The van der Waals surface area contributed by atoms with Crippen LogP contribution in [0.1, 0.15) is 23.6 Å². The second kappa shape index (κ2) is 8.43. The van der Waals surface area contributed by atoms with Gasteiger partial charge in [0.15, 0.2) is 0 Å². The summed E-state index contributed by atoms with van der Waals surface area (Å²) in [6.45, 7) is 7.64. The van der Waals surface area contributed by atoms with Crippen molar-refractivity contribution in [2.45, 2.75) is 27.7 Å². The molecule has 2 rings (SSSR count). The number of ether oxygens (including phenoxy) is 1. The Balaban J connectivity index is 2.32. The van der Waals surface area contributed by atoms with E-state index in [-0.39, 0.29) is 6.54 Å². The summed E-state index contributed by atoms with van der Waals surface area (Å²) in [5, 5.41) is 2.75. The van der Waals surface area contributed by atoms with Crippen molar-refractivity contribution in [1.82, 2.24) is 0 Å². The smallest absolute Gasteiger partial charge is 0.245 e. The molecule has 0 bridgehead atoms. The molecule has 1 amide bonds. The number of rotatable bonds is 7. The summed E-state index contributed by atoms with van der Waals surface area (Å²) in [5.41, 5.74) is 3.70. The number of nitrogens with one attached hydrogen (secondary N) is 1. The van der Waals surface area contributed by atoms with Gasteiger partial charge in [-0.3, -0.25) is 9.10 Å². The van der Waals surface area contributed by atoms with Crippen LogP contribution < -0.4 is 14.4 Å². The highest BCUT2D eigenvalue weighted by Crippen LogP contribution is 2.29. The van der Waals surface area contributed by atoms with Crippen molar-refractivity contribution < 1.29 is 17.9 Å². The van der Waals surface area contributed by atoms with Crippen LogP contribution >= 0.6 is 0 Å². The normalized spacial score (nSPS) is 11.1. The average Bonchev–Trinajstić information content (AvgIpc) is 2.54. The largest absolute Gasteiger partial charge is 0.492 e. The number of para-hydroxylation sites is 2. The lowest BCUT2D eigenvalue weighted by Crippen LogP contribution is -2.38. The SMILES string of the molecule is CCOc1ccccc1NC(=O)CN(c1c(C)cc(C)cc1C)S(C)(=O)=O. The highest BCUT2D eigenvalue weighted by atomic mass is 32.2. The van der Waals surface area contributed by atoms with Crippen molar-refractivity contribution in [2.24, 2.45) is 0 Å². The van der Waals surface area contributed by atoms with Crippen molar-refractivity contribution in [3.05, 3.63) is 53.1 Å². The van der Waals surface area contributed by atoms with Gasteiger partial charge < -0.3 is 10.1 Å². The first-order valence-electron chi connectivity index (χ1n) is 8.70. The highest BCUT2D eigenvalue weighted by molar-refractivity contribution is 7.92. The molecular weight excluding hydrogens is 364 g/mol. The molecule has 27 heavy (non-hydrogen) atoms. The van der Waals surface area contributed by atoms with Crippen molar-refractivity contribution in [2.75, 3.05) is 29.0 Å². The zero-order valence-corrected chi connectivity index (χ0v) is 17.2. The Bertz CT molecular complexity index is 916. The molecule has 0 radical (unpaired) electrons. The van der Waals surface area contributed by atoms with Gasteiger partial charge in [-0.25, -0.2) is 8.42 Å². The molecule has 0 unspecified atom stereocenters. The van der Waals surface area contributed by atoms with Gasteiger partial charge >= 0.3 is 0 Å². The minimum atomic E-state index is -3.64. The average molecular weight is 391 g/mol. The maximum atomic E-state index is 12.6. The molecular formula is C20H26N2O4S. The molecule has 0 aliphatic carbocycles. The molecule has 0 aliphatic rings. The Labute approximate surface area is 161 Å². The van der Waals surface area contributed by atoms with Crippen LogP contribution in [0.4, 0.5) is 11.4 Å². The first kappa shape index (κ1) is 20.8. The zero-order valence-electron chi connectivity index (χ0n) is 16.4. The number of nitrogens with zero attached hydrogens (tertiary/aromatic N) is 1. The number of carbonyl (C=O) groups is 1. The lowest BCUT2D eigenvalue weighted by Gasteiger charge is -2.26. The number of aryl methyl sites for hydroxylation is 3. The van der Waals surface area contributed by atoms with Gasteiger partial charge in [0.25, 0.3) is 0 Å². The third kappa shape index (κ3) is 5.23. The van der Waals surface area contributed by atoms with E-state index < -0.39 is 15.9 Å². The lowest BCUT2D eigenvalue weighted by molar-refractivity contribution is -0.114. The van der Waals surface area contributed by atoms with Crippen LogP contribution in [0.3, 0.4) is 0 Å². The summed E-state index contributed by atoms with van der Waals surface area (Å²) >= 11 is 0. The zero-order chi connectivity index (χ0) is 20.2. The number of amides is 1. The van der Waals surface area contributed by atoms with Crippen LogP contribution in [0.15, 0.2) is 36.4 Å². The van der Waals surface area contributed by atoms with E-state index in [2.05, 4.69) is 5.32 Å². The van der Waals surface area contributed by atoms with E-state index in [1.807, 2.05) is 45.9 Å². The van der Waals surface area contributed by atoms with Gasteiger partial charge in [-0.05, 0) is 51.0 Å². The van der Waals surface area contributed by atoms with Crippen molar-refractivity contribution >= 4 is 27.3 Å². The van der Waals surface area contributed by atoms with Crippen LogP contribution in [-0.4, -0.2) is 33.7 Å². The topological polar surface area (TPSA) is 75.7 Å². The second-order valence-corrected chi connectivity index (χ2v) is 8.40. The number of anilines is 2. The Kier molecular flexibility index (Phi) is 6.49. The summed E-state index contributed by atoms with van der Waals surface area (Å²) in [5.74, 6) is 0.105. The Morgan fingerprint density at radius 3 is 2.26 bits per heavy atom. The standard InChI is InChI=1S/C20H26N2O4S/c1-6-26-18-10-8-7-9-17(18)21-19(23)13-22(27(5,24)25)20-15(3)11-14(2)12-16(20)4/h7-12H,6,13H2,1-5H3,(H,21,23). The molecule has 2 aromatic carbocycles. The molecule has 7 heteroatoms. The van der Waals surface area contributed by atoms with Crippen LogP contribution in [0.2, 0.25) is 0 Å². The molecule has 2 aromatic rings. The van der Waals surface area contributed by atoms with E-state index in [4.69, 9.17) is 4.74 Å². The van der Waals surface area contributed by atoms with E-state index in [1.54, 1.807) is 18.2 Å². The van der Waals surface area contributed by atoms with Crippen LogP contribution in [-0.2, 0) is 14.8 Å². The summed E-state index contributed by atoms with van der Waals surface area (Å²) in [6.07, 6.45) is 1.10. The van der Waals surface area contributed by atoms with Gasteiger partial charge in [-0.15, -0.1) is 0 Å². The fourth-order valence-electron chi connectivity index (χ4n) is 3.10. The number of carbonyl (C=O) groups excluding carboxylic acids is 1. The molecule has 0 atom stereocenters. The van der Waals surface area contributed by atoms with Crippen molar-refractivity contribution in [1.29, 1.82) is 0 Å². The third-order valence-electron chi connectivity index (χ3n) is 4.03. The van der Waals surface area contributed by atoms with Gasteiger partial charge in [-0.2, -0.15) is 0 Å². The molecule has 0 aromatic heterocycles. The molecule has 6 nitrogen and oxygen atoms in total. The number of benzene rings is 2. The Morgan fingerprint density at radius 1 is 1.11 bits per heavy atom. The van der Waals surface area contributed by atoms with Gasteiger partial charge in [-0.1, -0.05) is 29.8 Å². The van der Waals surface area contributed by atoms with Gasteiger partial charge in [0.2, 0.25) is 15.9 Å². The number of sulfonamides is 1. The number of hydrogen-bond donors (Lipinski definition) is 1. The molecule has 0 aliphatic heterocycles. The lowest BCUT2D eigenvalue weighted by atomic mass is 10.1. The molecule has 146 valence electrons. The summed E-state index contributed by atoms with van der Waals surface area (Å²) in [4.78, 5) is 12.6. The Hall–Kier alpha value is -2.54. The predicted octanol–water partition coefficient (Wildman–Crippen LogP) is 3.42. The third-order valence-corrected chi connectivity index (χ3v) is 5.15. The van der Waals surface area contributed by atoms with E-state index in [0.717, 1.165) is 27.3 Å². The van der Waals surface area contributed by atoms with Crippen LogP contribution in [0, 0.1) is 20.8 Å². The maximum Gasteiger partial charge on any atom is 0.245 e. The fourth-order valence-corrected chi connectivity index (χ4v) is 4.07. The fraction of sp³-hybridized carbons (Fsp3) is 0.350. The second-order valence-electron chi connectivity index (χ2n) is 6.49. The van der Waals surface area contributed by atoms with Crippen molar-refractivity contribution in [3.63, 3.8) is 0 Å². The first-order chi connectivity index (χ1) is 12.6. The van der Waals surface area contributed by atoms with Gasteiger partial charge in [0.05, 0.1) is 24.2 Å². The predicted molar refractivity (Wildman–Crippen MR) is 109 cm³/mol. The molecule has 0 saturated heterocycles. The van der Waals surface area contributed by atoms with Gasteiger partial charge in [0, 0.05) is 0 Å². The minimum Gasteiger partial charge on any atom is -0.492 e. The van der Waals surface area contributed by atoms with Crippen molar-refractivity contribution in [3.8, 4) is 5.75 Å². The van der Waals surface area contributed by atoms with E-state index in [1.165, 1.54) is 0 Å². The van der Waals surface area contributed by atoms with E-state index in [0.29, 0.717) is 23.7 Å². The molecule has 0 saturated carbocycles. The van der Waals surface area contributed by atoms with Crippen LogP contribution in [0.5, 0.6) is 5.75 Å². The monoisotopic (exact) mass is 390 g/mol. The van der Waals surface area contributed by atoms with Gasteiger partial charge in [0.1, 0.15) is 12.3 Å². The first-order valence-corrected chi connectivity index (χ1v) is 10.6. The molecule has 1 N–H and O–H groups in total. The molecule has 0 spiro atoms. The quantitative estimate of drug-likeness (QED) is 0.786. The maximum absolute atomic E-state index is 12.6. The van der Waals surface area contributed by atoms with E-state index in [9.17, 15) is 13.2 Å². The summed E-state index contributed by atoms with van der Waals surface area (Å²) in [6, 6.07) is 10.9. The van der Waals surface area contributed by atoms with E-state index >= 15 is 0 Å². The summed E-state index contributed by atoms with van der Waals surface area (Å²) < 4.78 is 31.4. The molecule has 0 heterocycles. The molecule has 0 fully saturated rings. The highest BCUT2D eigenvalue weighted by Gasteiger charge is 2.24. The number of hydrogen-bond acceptors (Lipinski definition) is 4. The van der Waals surface area contributed by atoms with Crippen LogP contribution in [0.25, 0.3) is 0 Å². The minimum absolute atomic E-state index is 0.315. The summed E-state index contributed by atoms with van der Waals surface area (Å²) in [7, 11) is -3.64. The Morgan fingerprint density at radius 2 is 1.70 bits per heavy atom.